The molecule has 0 N–H and O–H groups in total. The molecule has 1 aromatic heterocycles. The number of carbonyl (C=O) groups is 1. The Morgan fingerprint density at radius 1 is 1.16 bits per heavy atom. The maximum atomic E-state index is 12.8. The minimum atomic E-state index is -0.422. The van der Waals surface area contributed by atoms with E-state index in [1.54, 1.807) is 0 Å². The van der Waals surface area contributed by atoms with Gasteiger partial charge in [0.15, 0.2) is 5.78 Å². The molecule has 0 bridgehead atoms. The summed E-state index contributed by atoms with van der Waals surface area (Å²) in [5.74, 6) is -0.493. The molecule has 1 aliphatic rings. The van der Waals surface area contributed by atoms with Crippen molar-refractivity contribution in [2.45, 2.75) is 25.7 Å². The molecule has 0 saturated carbocycles. The number of benzene rings is 1. The van der Waals surface area contributed by atoms with E-state index in [0.717, 1.165) is 24.6 Å². The van der Waals surface area contributed by atoms with Crippen LogP contribution in [0.15, 0.2) is 36.5 Å². The Bertz CT molecular complexity index is 619. The van der Waals surface area contributed by atoms with Crippen LogP contribution in [0.3, 0.4) is 0 Å². The lowest BCUT2D eigenvalue weighted by Gasteiger charge is -2.04. The molecular weight excluding hydrogens is 241 g/mol. The number of pyridine rings is 1. The van der Waals surface area contributed by atoms with E-state index in [1.165, 1.54) is 29.7 Å². The quantitative estimate of drug-likeness (QED) is 0.789. The normalized spacial score (nSPS) is 13.3. The summed E-state index contributed by atoms with van der Waals surface area (Å²) in [6, 6.07) is 8.94. The Kier molecular flexibility index (Phi) is 3.11. The fraction of sp³-hybridized carbons (Fsp3) is 0.250. The van der Waals surface area contributed by atoms with E-state index >= 15 is 0 Å². The van der Waals surface area contributed by atoms with Gasteiger partial charge in [0, 0.05) is 6.42 Å². The summed E-state index contributed by atoms with van der Waals surface area (Å²) in [6.07, 6.45) is 4.85. The molecule has 0 unspecified atom stereocenters. The highest BCUT2D eigenvalue weighted by atomic mass is 19.1. The van der Waals surface area contributed by atoms with E-state index in [0.29, 0.717) is 12.1 Å². The van der Waals surface area contributed by atoms with Gasteiger partial charge in [-0.25, -0.2) is 4.39 Å². The van der Waals surface area contributed by atoms with Crippen LogP contribution >= 0.6 is 0 Å². The van der Waals surface area contributed by atoms with E-state index in [2.05, 4.69) is 17.1 Å². The summed E-state index contributed by atoms with van der Waals surface area (Å²) in [5, 5.41) is 0. The van der Waals surface area contributed by atoms with Crippen molar-refractivity contribution in [3.63, 3.8) is 0 Å². The molecule has 2 nitrogen and oxygen atoms in total. The first-order valence-electron chi connectivity index (χ1n) is 6.48. The lowest BCUT2D eigenvalue weighted by molar-refractivity contribution is 0.0988. The topological polar surface area (TPSA) is 30.0 Å². The van der Waals surface area contributed by atoms with Gasteiger partial charge in [0.1, 0.15) is 11.5 Å². The van der Waals surface area contributed by atoms with Crippen molar-refractivity contribution in [3.8, 4) is 0 Å². The molecule has 0 atom stereocenters. The van der Waals surface area contributed by atoms with Crippen molar-refractivity contribution < 1.29 is 9.18 Å². The van der Waals surface area contributed by atoms with Crippen molar-refractivity contribution in [3.05, 3.63) is 64.7 Å². The number of halogens is 1. The molecule has 1 aliphatic carbocycles. The molecule has 96 valence electrons. The van der Waals surface area contributed by atoms with Crippen LogP contribution in [0, 0.1) is 5.82 Å². The zero-order valence-electron chi connectivity index (χ0n) is 10.5. The zero-order chi connectivity index (χ0) is 13.2. The maximum Gasteiger partial charge on any atom is 0.185 e. The summed E-state index contributed by atoms with van der Waals surface area (Å²) in [7, 11) is 0. The number of aryl methyl sites for hydroxylation is 2. The van der Waals surface area contributed by atoms with E-state index in [1.807, 2.05) is 6.07 Å². The molecule has 1 heterocycles. The lowest BCUT2D eigenvalue weighted by Crippen LogP contribution is -2.06. The van der Waals surface area contributed by atoms with Crippen LogP contribution in [0.5, 0.6) is 0 Å². The average molecular weight is 255 g/mol. The molecule has 0 fully saturated rings. The van der Waals surface area contributed by atoms with Crippen molar-refractivity contribution in [2.75, 3.05) is 0 Å². The smallest absolute Gasteiger partial charge is 0.185 e. The number of hydrogen-bond acceptors (Lipinski definition) is 2. The highest BCUT2D eigenvalue weighted by molar-refractivity contribution is 5.95. The Morgan fingerprint density at radius 2 is 2.00 bits per heavy atom. The lowest BCUT2D eigenvalue weighted by atomic mass is 10.0. The minimum Gasteiger partial charge on any atom is -0.292 e. The number of nitrogens with zero attached hydrogens (tertiary/aromatic N) is 1. The Hall–Kier alpha value is -2.03. The van der Waals surface area contributed by atoms with E-state index in [4.69, 9.17) is 0 Å². The van der Waals surface area contributed by atoms with Gasteiger partial charge in [-0.05, 0) is 48.1 Å². The van der Waals surface area contributed by atoms with Crippen LogP contribution in [-0.4, -0.2) is 10.8 Å². The van der Waals surface area contributed by atoms with Crippen LogP contribution < -0.4 is 0 Å². The van der Waals surface area contributed by atoms with Gasteiger partial charge >= 0.3 is 0 Å². The predicted molar refractivity (Wildman–Crippen MR) is 70.7 cm³/mol. The van der Waals surface area contributed by atoms with Crippen LogP contribution in [0.25, 0.3) is 0 Å². The molecule has 2 aromatic rings. The number of fused-ring (bicyclic) bond motifs is 1. The Labute approximate surface area is 111 Å². The third-order valence-electron chi connectivity index (χ3n) is 3.54. The van der Waals surface area contributed by atoms with Crippen molar-refractivity contribution in [1.29, 1.82) is 0 Å². The van der Waals surface area contributed by atoms with Crippen LogP contribution in [-0.2, 0) is 19.3 Å². The minimum absolute atomic E-state index is 0.0713. The maximum absolute atomic E-state index is 12.8. The standard InChI is InChI=1S/C16H14FNO/c17-14-6-7-15(18-10-14)16(19)9-11-4-5-12-2-1-3-13(12)8-11/h4-8,10H,1-3,9H2. The second kappa shape index (κ2) is 4.92. The molecular formula is C16H14FNO. The number of rotatable bonds is 3. The number of hydrogen-bond donors (Lipinski definition) is 0. The summed E-state index contributed by atoms with van der Waals surface area (Å²) in [4.78, 5) is 15.9. The number of ketones is 1. The predicted octanol–water partition coefficient (Wildman–Crippen LogP) is 3.13. The van der Waals surface area contributed by atoms with Crippen LogP contribution in [0.1, 0.15) is 33.6 Å². The molecule has 0 aliphatic heterocycles. The van der Waals surface area contributed by atoms with Gasteiger partial charge in [-0.1, -0.05) is 18.2 Å². The number of Topliss-reactive ketones (excluding diaryl/α,β-unsaturated/α-hetero) is 1. The molecule has 0 radical (unpaired) electrons. The van der Waals surface area contributed by atoms with E-state index < -0.39 is 5.82 Å². The Morgan fingerprint density at radius 3 is 2.79 bits per heavy atom. The first-order valence-corrected chi connectivity index (χ1v) is 6.48. The van der Waals surface area contributed by atoms with Gasteiger partial charge < -0.3 is 0 Å². The highest BCUT2D eigenvalue weighted by Crippen LogP contribution is 2.23. The van der Waals surface area contributed by atoms with Crippen molar-refractivity contribution in [1.82, 2.24) is 4.98 Å². The molecule has 19 heavy (non-hydrogen) atoms. The van der Waals surface area contributed by atoms with Crippen LogP contribution in [0.4, 0.5) is 4.39 Å². The molecule has 1 aromatic carbocycles. The van der Waals surface area contributed by atoms with E-state index in [9.17, 15) is 9.18 Å². The second-order valence-corrected chi connectivity index (χ2v) is 4.92. The molecule has 3 rings (SSSR count). The summed E-state index contributed by atoms with van der Waals surface area (Å²) in [5.41, 5.74) is 4.09. The van der Waals surface area contributed by atoms with Gasteiger partial charge in [0.05, 0.1) is 6.20 Å². The largest absolute Gasteiger partial charge is 0.292 e. The van der Waals surface area contributed by atoms with Gasteiger partial charge in [-0.2, -0.15) is 0 Å². The summed E-state index contributed by atoms with van der Waals surface area (Å²) >= 11 is 0. The average Bonchev–Trinajstić information content (AvgIpc) is 2.87. The summed E-state index contributed by atoms with van der Waals surface area (Å²) in [6.45, 7) is 0. The zero-order valence-corrected chi connectivity index (χ0v) is 10.5. The van der Waals surface area contributed by atoms with Gasteiger partial charge in [0.2, 0.25) is 0 Å². The van der Waals surface area contributed by atoms with Gasteiger partial charge in [-0.15, -0.1) is 0 Å². The third kappa shape index (κ3) is 2.55. The third-order valence-corrected chi connectivity index (χ3v) is 3.54. The fourth-order valence-corrected chi connectivity index (χ4v) is 2.55. The van der Waals surface area contributed by atoms with Crippen molar-refractivity contribution >= 4 is 5.78 Å². The first-order chi connectivity index (χ1) is 9.22. The fourth-order valence-electron chi connectivity index (χ4n) is 2.55. The van der Waals surface area contributed by atoms with Crippen LogP contribution in [0.2, 0.25) is 0 Å². The van der Waals surface area contributed by atoms with Gasteiger partial charge in [-0.3, -0.25) is 9.78 Å². The number of carbonyl (C=O) groups excluding carboxylic acids is 1. The molecule has 0 spiro atoms. The van der Waals surface area contributed by atoms with Crippen molar-refractivity contribution in [2.24, 2.45) is 0 Å². The van der Waals surface area contributed by atoms with Gasteiger partial charge in [0.25, 0.3) is 0 Å². The molecule has 0 amide bonds. The first kappa shape index (κ1) is 12.0. The SMILES string of the molecule is O=C(Cc1ccc2c(c1)CCC2)c1ccc(F)cn1. The number of aromatic nitrogens is 1. The molecule has 0 saturated heterocycles. The van der Waals surface area contributed by atoms with E-state index in [-0.39, 0.29) is 5.78 Å². The monoisotopic (exact) mass is 255 g/mol. The molecule has 3 heteroatoms. The highest BCUT2D eigenvalue weighted by Gasteiger charge is 2.13. The summed E-state index contributed by atoms with van der Waals surface area (Å²) < 4.78 is 12.8. The Balaban J connectivity index is 1.77. The second-order valence-electron chi connectivity index (χ2n) is 4.92.